The molecule has 0 rings (SSSR count). The lowest BCUT2D eigenvalue weighted by Gasteiger charge is -2.18. The van der Waals surface area contributed by atoms with Gasteiger partial charge in [0.2, 0.25) is 5.91 Å². The maximum Gasteiger partial charge on any atom is 0.236 e. The fraction of sp³-hybridized carbons (Fsp3) is 0.875. The molecule has 0 aliphatic rings. The topological polar surface area (TPSA) is 32.3 Å². The number of amides is 1. The monoisotopic (exact) mass is 176 g/mol. The summed E-state index contributed by atoms with van der Waals surface area (Å²) in [4.78, 5) is 12.9. The van der Waals surface area contributed by atoms with Crippen LogP contribution in [0.5, 0.6) is 0 Å². The molecule has 0 aromatic carbocycles. The smallest absolute Gasteiger partial charge is 0.236 e. The van der Waals surface area contributed by atoms with Crippen LogP contribution in [0.25, 0.3) is 0 Å². The minimum atomic E-state index is -0.425. The second-order valence-electron chi connectivity index (χ2n) is 2.43. The Balaban J connectivity index is 3.54. The number of nitrogens with zero attached hydrogens (tertiary/aromatic N) is 1. The molecule has 1 N–H and O–H groups in total. The van der Waals surface area contributed by atoms with Crippen molar-refractivity contribution < 1.29 is 9.18 Å². The van der Waals surface area contributed by atoms with Gasteiger partial charge in [-0.15, -0.1) is 0 Å². The van der Waals surface area contributed by atoms with Gasteiger partial charge in [-0.3, -0.25) is 4.79 Å². The second-order valence-corrected chi connectivity index (χ2v) is 2.43. The van der Waals surface area contributed by atoms with Crippen LogP contribution in [0, 0.1) is 0 Å². The first-order valence-electron chi connectivity index (χ1n) is 4.30. The van der Waals surface area contributed by atoms with Gasteiger partial charge in [0.1, 0.15) is 6.67 Å². The largest absolute Gasteiger partial charge is 0.342 e. The number of nitrogens with one attached hydrogen (secondary N) is 1. The van der Waals surface area contributed by atoms with E-state index >= 15 is 0 Å². The summed E-state index contributed by atoms with van der Waals surface area (Å²) in [6, 6.07) is 0. The minimum absolute atomic E-state index is 0.0356. The molecular formula is C8H17FN2O. The molecule has 0 heterocycles. The Morgan fingerprint density at radius 3 is 2.42 bits per heavy atom. The fourth-order valence-corrected chi connectivity index (χ4v) is 0.950. The van der Waals surface area contributed by atoms with Gasteiger partial charge in [0, 0.05) is 19.6 Å². The molecule has 12 heavy (non-hydrogen) atoms. The molecule has 0 saturated carbocycles. The van der Waals surface area contributed by atoms with Crippen LogP contribution in [-0.2, 0) is 4.79 Å². The first kappa shape index (κ1) is 11.4. The van der Waals surface area contributed by atoms with Crippen LogP contribution in [-0.4, -0.2) is 43.7 Å². The molecule has 0 bridgehead atoms. The van der Waals surface area contributed by atoms with Crippen LogP contribution in [0.3, 0.4) is 0 Å². The summed E-state index contributed by atoms with van der Waals surface area (Å²) in [7, 11) is 0. The van der Waals surface area contributed by atoms with Gasteiger partial charge in [-0.2, -0.15) is 0 Å². The van der Waals surface area contributed by atoms with E-state index < -0.39 is 6.67 Å². The lowest BCUT2D eigenvalue weighted by atomic mass is 10.4. The number of hydrogen-bond donors (Lipinski definition) is 1. The number of likely N-dealkylation sites (N-methyl/N-ethyl adjacent to an activating group) is 1. The highest BCUT2D eigenvalue weighted by atomic mass is 19.1. The van der Waals surface area contributed by atoms with Crippen molar-refractivity contribution in [3.63, 3.8) is 0 Å². The van der Waals surface area contributed by atoms with E-state index in [9.17, 15) is 9.18 Å². The van der Waals surface area contributed by atoms with Crippen molar-refractivity contribution in [2.24, 2.45) is 0 Å². The maximum atomic E-state index is 11.6. The van der Waals surface area contributed by atoms with E-state index in [4.69, 9.17) is 0 Å². The Bertz CT molecular complexity index is 126. The average molecular weight is 176 g/mol. The highest BCUT2D eigenvalue weighted by Crippen LogP contribution is 1.86. The van der Waals surface area contributed by atoms with Gasteiger partial charge in [0.15, 0.2) is 0 Å². The van der Waals surface area contributed by atoms with E-state index in [1.807, 2.05) is 13.8 Å². The van der Waals surface area contributed by atoms with Crippen molar-refractivity contribution in [1.29, 1.82) is 0 Å². The zero-order chi connectivity index (χ0) is 9.40. The van der Waals surface area contributed by atoms with Crippen molar-refractivity contribution >= 4 is 5.91 Å². The van der Waals surface area contributed by atoms with Crippen LogP contribution in [0.15, 0.2) is 0 Å². The van der Waals surface area contributed by atoms with Crippen LogP contribution >= 0.6 is 0 Å². The third kappa shape index (κ3) is 4.28. The number of carbonyl (C=O) groups is 1. The van der Waals surface area contributed by atoms with Crippen LogP contribution in [0.4, 0.5) is 4.39 Å². The van der Waals surface area contributed by atoms with Gasteiger partial charge in [0.05, 0.1) is 6.54 Å². The molecule has 0 aliphatic carbocycles. The van der Waals surface area contributed by atoms with Crippen molar-refractivity contribution in [1.82, 2.24) is 10.2 Å². The summed E-state index contributed by atoms with van der Waals surface area (Å²) < 4.78 is 11.6. The zero-order valence-electron chi connectivity index (χ0n) is 7.77. The molecule has 0 unspecified atom stereocenters. The van der Waals surface area contributed by atoms with Gasteiger partial charge < -0.3 is 10.2 Å². The predicted octanol–water partition coefficient (Wildman–Crippen LogP) is 0.414. The van der Waals surface area contributed by atoms with Crippen molar-refractivity contribution in [2.45, 2.75) is 13.8 Å². The SMILES string of the molecule is CCN(CC)C(=O)CNCCF. The average Bonchev–Trinajstić information content (AvgIpc) is 2.07. The highest BCUT2D eigenvalue weighted by Gasteiger charge is 2.07. The lowest BCUT2D eigenvalue weighted by Crippen LogP contribution is -2.38. The van der Waals surface area contributed by atoms with Crippen LogP contribution in [0.1, 0.15) is 13.8 Å². The Hall–Kier alpha value is -0.640. The normalized spacial score (nSPS) is 9.92. The predicted molar refractivity (Wildman–Crippen MR) is 46.8 cm³/mol. The second kappa shape index (κ2) is 7.03. The summed E-state index contributed by atoms with van der Waals surface area (Å²) in [6.07, 6.45) is 0. The number of alkyl halides is 1. The molecule has 0 aliphatic heterocycles. The Morgan fingerprint density at radius 1 is 1.42 bits per heavy atom. The van der Waals surface area contributed by atoms with Gasteiger partial charge in [-0.1, -0.05) is 0 Å². The van der Waals surface area contributed by atoms with E-state index in [-0.39, 0.29) is 19.0 Å². The summed E-state index contributed by atoms with van der Waals surface area (Å²) >= 11 is 0. The molecule has 0 aromatic heterocycles. The molecule has 1 amide bonds. The first-order valence-corrected chi connectivity index (χ1v) is 4.30. The molecule has 0 atom stereocenters. The highest BCUT2D eigenvalue weighted by molar-refractivity contribution is 5.78. The Morgan fingerprint density at radius 2 is 2.00 bits per heavy atom. The van der Waals surface area contributed by atoms with Crippen molar-refractivity contribution in [3.05, 3.63) is 0 Å². The third-order valence-corrected chi connectivity index (χ3v) is 1.66. The lowest BCUT2D eigenvalue weighted by molar-refractivity contribution is -0.129. The van der Waals surface area contributed by atoms with Crippen molar-refractivity contribution in [2.75, 3.05) is 32.9 Å². The zero-order valence-corrected chi connectivity index (χ0v) is 7.77. The summed E-state index contributed by atoms with van der Waals surface area (Å²) in [6.45, 7) is 5.36. The van der Waals surface area contributed by atoms with E-state index in [1.165, 1.54) is 0 Å². The van der Waals surface area contributed by atoms with Gasteiger partial charge >= 0.3 is 0 Å². The number of hydrogen-bond acceptors (Lipinski definition) is 2. The van der Waals surface area contributed by atoms with Gasteiger partial charge in [-0.25, -0.2) is 4.39 Å². The molecule has 0 fully saturated rings. The minimum Gasteiger partial charge on any atom is -0.342 e. The molecule has 72 valence electrons. The van der Waals surface area contributed by atoms with E-state index in [0.717, 1.165) is 0 Å². The molecule has 3 nitrogen and oxygen atoms in total. The standard InChI is InChI=1S/C8H17FN2O/c1-3-11(4-2)8(12)7-10-6-5-9/h10H,3-7H2,1-2H3. The van der Waals surface area contributed by atoms with E-state index in [0.29, 0.717) is 13.1 Å². The molecule has 4 heteroatoms. The molecule has 0 saturated heterocycles. The summed E-state index contributed by atoms with van der Waals surface area (Å²) in [5, 5.41) is 2.72. The maximum absolute atomic E-state index is 11.6. The van der Waals surface area contributed by atoms with E-state index in [1.54, 1.807) is 4.90 Å². The first-order chi connectivity index (χ1) is 5.76. The van der Waals surface area contributed by atoms with Crippen LogP contribution < -0.4 is 5.32 Å². The van der Waals surface area contributed by atoms with Crippen molar-refractivity contribution in [3.8, 4) is 0 Å². The van der Waals surface area contributed by atoms with Crippen LogP contribution in [0.2, 0.25) is 0 Å². The van der Waals surface area contributed by atoms with E-state index in [2.05, 4.69) is 5.32 Å². The van der Waals surface area contributed by atoms with Gasteiger partial charge in [0.25, 0.3) is 0 Å². The number of rotatable bonds is 6. The van der Waals surface area contributed by atoms with Gasteiger partial charge in [-0.05, 0) is 13.8 Å². The Labute approximate surface area is 72.9 Å². The summed E-state index contributed by atoms with van der Waals surface area (Å²) in [5.74, 6) is 0.0356. The molecular weight excluding hydrogens is 159 g/mol. The summed E-state index contributed by atoms with van der Waals surface area (Å²) in [5.41, 5.74) is 0. The quantitative estimate of drug-likeness (QED) is 0.595. The number of carbonyl (C=O) groups excluding carboxylic acids is 1. The fourth-order valence-electron chi connectivity index (χ4n) is 0.950. The molecule has 0 aromatic rings. The molecule has 0 radical (unpaired) electrons. The Kier molecular flexibility index (Phi) is 6.66. The third-order valence-electron chi connectivity index (χ3n) is 1.66. The number of halogens is 1. The molecule has 0 spiro atoms.